The largest absolute Gasteiger partial charge is 0.444 e. The van der Waals surface area contributed by atoms with Gasteiger partial charge in [0.1, 0.15) is 5.60 Å². The second-order valence-corrected chi connectivity index (χ2v) is 8.48. The van der Waals surface area contributed by atoms with Crippen LogP contribution in [0.3, 0.4) is 0 Å². The molecule has 0 saturated heterocycles. The van der Waals surface area contributed by atoms with Crippen LogP contribution in [0.1, 0.15) is 70.1 Å². The van der Waals surface area contributed by atoms with Crippen molar-refractivity contribution in [3.05, 3.63) is 68.7 Å². The van der Waals surface area contributed by atoms with E-state index in [1.807, 2.05) is 39.0 Å². The van der Waals surface area contributed by atoms with Crippen LogP contribution in [-0.2, 0) is 24.4 Å². The second-order valence-electron chi connectivity index (χ2n) is 7.66. The van der Waals surface area contributed by atoms with E-state index in [1.165, 1.54) is 0 Å². The Hall–Kier alpha value is -2.24. The number of amides is 2. The number of benzene rings is 2. The van der Waals surface area contributed by atoms with Gasteiger partial charge in [0, 0.05) is 34.3 Å². The van der Waals surface area contributed by atoms with E-state index in [2.05, 4.69) is 5.32 Å². The van der Waals surface area contributed by atoms with E-state index in [4.69, 9.17) is 27.9 Å². The van der Waals surface area contributed by atoms with E-state index in [-0.39, 0.29) is 34.3 Å². The summed E-state index contributed by atoms with van der Waals surface area (Å²) in [6.45, 7) is 7.26. The van der Waals surface area contributed by atoms with Crippen LogP contribution in [0, 0.1) is 0 Å². The minimum Gasteiger partial charge on any atom is -0.444 e. The fourth-order valence-corrected chi connectivity index (χ4v) is 3.55. The number of fused-ring (bicyclic) bond motifs is 2. The van der Waals surface area contributed by atoms with Gasteiger partial charge in [0.25, 0.3) is 5.91 Å². The van der Waals surface area contributed by atoms with Crippen molar-refractivity contribution in [1.29, 1.82) is 0 Å². The predicted octanol–water partition coefficient (Wildman–Crippen LogP) is 7.08. The quantitative estimate of drug-likeness (QED) is 0.448. The van der Waals surface area contributed by atoms with Crippen molar-refractivity contribution in [3.63, 3.8) is 0 Å². The molecule has 0 unspecified atom stereocenters. The average molecular weight is 469 g/mol. The Bertz CT molecular complexity index is 924. The third-order valence-electron chi connectivity index (χ3n) is 4.37. The molecule has 2 aliphatic heterocycles. The summed E-state index contributed by atoms with van der Waals surface area (Å²) in [4.78, 5) is 24.6. The first kappa shape index (κ1) is 28.8. The van der Waals surface area contributed by atoms with Crippen LogP contribution >= 0.6 is 23.2 Å². The smallest absolute Gasteiger partial charge is 0.410 e. The van der Waals surface area contributed by atoms with Gasteiger partial charge >= 0.3 is 6.09 Å². The summed E-state index contributed by atoms with van der Waals surface area (Å²) in [7, 11) is 0. The van der Waals surface area contributed by atoms with E-state index in [0.29, 0.717) is 35.2 Å². The summed E-state index contributed by atoms with van der Waals surface area (Å²) in [5.74, 6) is -0.0255. The van der Waals surface area contributed by atoms with Crippen LogP contribution in [0.25, 0.3) is 0 Å². The number of carbonyl (C=O) groups is 2. The van der Waals surface area contributed by atoms with Gasteiger partial charge in [-0.25, -0.2) is 4.79 Å². The van der Waals surface area contributed by atoms with E-state index in [0.717, 1.165) is 16.7 Å². The Labute approximate surface area is 196 Å². The van der Waals surface area contributed by atoms with Gasteiger partial charge in [-0.1, -0.05) is 63.7 Å². The molecule has 2 heterocycles. The van der Waals surface area contributed by atoms with Crippen LogP contribution in [0.4, 0.5) is 4.79 Å². The van der Waals surface area contributed by atoms with Crippen molar-refractivity contribution < 1.29 is 14.3 Å². The zero-order valence-electron chi connectivity index (χ0n) is 16.0. The zero-order chi connectivity index (χ0) is 20.5. The topological polar surface area (TPSA) is 58.6 Å². The maximum atomic E-state index is 11.9. The van der Waals surface area contributed by atoms with E-state index in [9.17, 15) is 9.59 Å². The van der Waals surface area contributed by atoms with Crippen molar-refractivity contribution in [2.24, 2.45) is 0 Å². The molecule has 2 aromatic rings. The van der Waals surface area contributed by atoms with Crippen molar-refractivity contribution in [2.45, 2.75) is 68.3 Å². The molecule has 0 bridgehead atoms. The molecule has 0 spiro atoms. The molecule has 0 radical (unpaired) electrons. The summed E-state index contributed by atoms with van der Waals surface area (Å²) in [5.41, 5.74) is 3.29. The van der Waals surface area contributed by atoms with Gasteiger partial charge in [-0.15, -0.1) is 0 Å². The second kappa shape index (κ2) is 11.4. The Kier molecular flexibility index (Phi) is 10.6. The first-order valence-electron chi connectivity index (χ1n) is 8.95. The number of halogens is 2. The third kappa shape index (κ3) is 6.88. The highest BCUT2D eigenvalue weighted by molar-refractivity contribution is 6.32. The molecule has 5 nitrogen and oxygen atoms in total. The molecule has 1 N–H and O–H groups in total. The molecule has 4 rings (SSSR count). The minimum atomic E-state index is -0.463. The summed E-state index contributed by atoms with van der Waals surface area (Å²) in [6, 6.07) is 11.1. The number of carbonyl (C=O) groups excluding carboxylic acids is 2. The Morgan fingerprint density at radius 2 is 1.55 bits per heavy atom. The van der Waals surface area contributed by atoms with Crippen LogP contribution in [0.15, 0.2) is 36.4 Å². The number of nitrogens with zero attached hydrogens (tertiary/aromatic N) is 1. The molecule has 0 aromatic heterocycles. The molecular formula is C24H34Cl2N2O3. The maximum Gasteiger partial charge on any atom is 0.410 e. The molecule has 172 valence electrons. The molecule has 7 heteroatoms. The Balaban J connectivity index is 0.000000566. The lowest BCUT2D eigenvalue weighted by molar-refractivity contribution is 0.0242. The number of nitrogens with one attached hydrogen (secondary N) is 1. The van der Waals surface area contributed by atoms with Crippen molar-refractivity contribution in [1.82, 2.24) is 10.2 Å². The summed E-state index contributed by atoms with van der Waals surface area (Å²) < 4.78 is 5.34. The normalized spacial score (nSPS) is 13.2. The fraction of sp³-hybridized carbons (Fsp3) is 0.417. The number of hydrogen-bond donors (Lipinski definition) is 1. The summed E-state index contributed by atoms with van der Waals surface area (Å²) in [6.07, 6.45) is -0.287. The maximum absolute atomic E-state index is 11.9. The summed E-state index contributed by atoms with van der Waals surface area (Å²) >= 11 is 11.9. The number of ether oxygens (including phenoxy) is 1. The van der Waals surface area contributed by atoms with Gasteiger partial charge in [0.2, 0.25) is 0 Å². The van der Waals surface area contributed by atoms with Crippen molar-refractivity contribution >= 4 is 35.2 Å². The van der Waals surface area contributed by atoms with Crippen molar-refractivity contribution in [3.8, 4) is 0 Å². The van der Waals surface area contributed by atoms with Gasteiger partial charge in [-0.05, 0) is 50.1 Å². The summed E-state index contributed by atoms with van der Waals surface area (Å²) in [5, 5.41) is 4.09. The Morgan fingerprint density at radius 3 is 2.10 bits per heavy atom. The third-order valence-corrected chi connectivity index (χ3v) is 5.08. The molecule has 2 aliphatic rings. The average Bonchev–Trinajstić information content (AvgIpc) is 3.20. The van der Waals surface area contributed by atoms with Gasteiger partial charge in [-0.3, -0.25) is 9.69 Å². The molecule has 0 saturated carbocycles. The molecule has 2 aromatic carbocycles. The molecule has 31 heavy (non-hydrogen) atoms. The highest BCUT2D eigenvalue weighted by atomic mass is 35.5. The highest BCUT2D eigenvalue weighted by Gasteiger charge is 2.28. The number of hydrogen-bond acceptors (Lipinski definition) is 3. The monoisotopic (exact) mass is 468 g/mol. The molecule has 0 atom stereocenters. The standard InChI is InChI=1S/C13H16ClNO2.C8H6ClNO.3CH4/c1-13(2,3)17-12(16)15-7-9-5-4-6-11(14)10(9)8-15;9-7-3-1-2-5-6(7)4-10-8(5)11;;;/h4-6H,7-8H2,1-3H3;1-3H,4H2,(H,10,11);3*1H4. The Morgan fingerprint density at radius 1 is 0.968 bits per heavy atom. The van der Waals surface area contributed by atoms with Crippen LogP contribution in [0.5, 0.6) is 0 Å². The van der Waals surface area contributed by atoms with Crippen LogP contribution in [0.2, 0.25) is 10.0 Å². The lowest BCUT2D eigenvalue weighted by Gasteiger charge is -2.24. The predicted molar refractivity (Wildman–Crippen MR) is 130 cm³/mol. The van der Waals surface area contributed by atoms with Gasteiger partial charge in [0.05, 0.1) is 6.54 Å². The molecule has 0 fully saturated rings. The fourth-order valence-electron chi connectivity index (χ4n) is 3.05. The van der Waals surface area contributed by atoms with Gasteiger partial charge in [-0.2, -0.15) is 0 Å². The van der Waals surface area contributed by atoms with Crippen molar-refractivity contribution in [2.75, 3.05) is 0 Å². The minimum absolute atomic E-state index is 0. The van der Waals surface area contributed by atoms with E-state index in [1.54, 1.807) is 23.1 Å². The number of rotatable bonds is 0. The first-order chi connectivity index (χ1) is 13.2. The van der Waals surface area contributed by atoms with Crippen LogP contribution in [-0.4, -0.2) is 22.5 Å². The van der Waals surface area contributed by atoms with E-state index >= 15 is 0 Å². The van der Waals surface area contributed by atoms with Crippen LogP contribution < -0.4 is 5.32 Å². The SMILES string of the molecule is C.C.C.CC(C)(C)OC(=O)N1Cc2cccc(Cl)c2C1.O=C1NCc2c(Cl)cccc21. The zero-order valence-corrected chi connectivity index (χ0v) is 17.5. The molecular weight excluding hydrogens is 435 g/mol. The highest BCUT2D eigenvalue weighted by Crippen LogP contribution is 2.30. The first-order valence-corrected chi connectivity index (χ1v) is 9.71. The van der Waals surface area contributed by atoms with Gasteiger partial charge < -0.3 is 10.1 Å². The lowest BCUT2D eigenvalue weighted by Crippen LogP contribution is -2.33. The van der Waals surface area contributed by atoms with E-state index < -0.39 is 5.60 Å². The molecule has 2 amide bonds. The lowest BCUT2D eigenvalue weighted by atomic mass is 10.1. The van der Waals surface area contributed by atoms with Gasteiger partial charge in [0.15, 0.2) is 0 Å². The molecule has 0 aliphatic carbocycles.